The van der Waals surface area contributed by atoms with E-state index >= 15 is 0 Å². The number of hydrogen-bond acceptors (Lipinski definition) is 8. The van der Waals surface area contributed by atoms with E-state index in [9.17, 15) is 14.7 Å². The molecule has 1 atom stereocenters. The van der Waals surface area contributed by atoms with Gasteiger partial charge in [-0.1, -0.05) is 23.4 Å². The highest BCUT2D eigenvalue weighted by atomic mass is 16.5. The Morgan fingerprint density at radius 2 is 1.82 bits per heavy atom. The highest BCUT2D eigenvalue weighted by molar-refractivity contribution is 5.94. The smallest absolute Gasteiger partial charge is 0.337 e. The number of benzene rings is 3. The number of carboxylic acids is 1. The highest BCUT2D eigenvalue weighted by Crippen LogP contribution is 2.32. The van der Waals surface area contributed by atoms with E-state index in [4.69, 9.17) is 13.9 Å². The van der Waals surface area contributed by atoms with Crippen molar-refractivity contribution in [3.8, 4) is 28.6 Å². The van der Waals surface area contributed by atoms with Crippen LogP contribution in [0, 0.1) is 6.92 Å². The number of aromatic carboxylic acids is 1. The molecule has 2 aromatic heterocycles. The molecule has 1 unspecified atom stereocenters. The fraction of sp³-hybridized carbons (Fsp3) is 0.172. The third-order valence-electron chi connectivity index (χ3n) is 6.38. The number of carboxylic acid groups (broad SMARTS) is 1. The van der Waals surface area contributed by atoms with Gasteiger partial charge in [0.05, 0.1) is 43.1 Å². The van der Waals surface area contributed by atoms with Crippen LogP contribution in [0.5, 0.6) is 11.5 Å². The van der Waals surface area contributed by atoms with Crippen LogP contribution in [0.3, 0.4) is 0 Å². The first-order valence-corrected chi connectivity index (χ1v) is 12.1. The molecule has 0 spiro atoms. The van der Waals surface area contributed by atoms with Crippen molar-refractivity contribution < 1.29 is 23.8 Å². The minimum absolute atomic E-state index is 0.148. The summed E-state index contributed by atoms with van der Waals surface area (Å²) >= 11 is 0. The molecule has 0 saturated carbocycles. The molecule has 0 aliphatic rings. The van der Waals surface area contributed by atoms with Gasteiger partial charge in [-0.15, -0.1) is 5.10 Å². The molecule has 0 saturated heterocycles. The summed E-state index contributed by atoms with van der Waals surface area (Å²) in [7, 11) is 3.11. The third kappa shape index (κ3) is 4.91. The molecule has 3 aromatic carbocycles. The molecule has 0 fully saturated rings. The Balaban J connectivity index is 1.56. The number of anilines is 1. The van der Waals surface area contributed by atoms with Gasteiger partial charge in [-0.3, -0.25) is 4.79 Å². The Morgan fingerprint density at radius 1 is 1.05 bits per heavy atom. The van der Waals surface area contributed by atoms with Crippen molar-refractivity contribution in [3.05, 3.63) is 93.8 Å². The lowest BCUT2D eigenvalue weighted by atomic mass is 10.0. The second-order valence-electron chi connectivity index (χ2n) is 9.01. The Labute approximate surface area is 223 Å². The molecule has 5 aromatic rings. The lowest BCUT2D eigenvalue weighted by Crippen LogP contribution is -2.12. The maximum atomic E-state index is 13.2. The van der Waals surface area contributed by atoms with E-state index in [1.807, 2.05) is 19.9 Å². The van der Waals surface area contributed by atoms with Gasteiger partial charge in [0.2, 0.25) is 0 Å². The lowest BCUT2D eigenvalue weighted by molar-refractivity contribution is 0.0698. The van der Waals surface area contributed by atoms with Crippen molar-refractivity contribution in [1.29, 1.82) is 0 Å². The average molecular weight is 527 g/mol. The van der Waals surface area contributed by atoms with E-state index in [1.54, 1.807) is 67.6 Å². The van der Waals surface area contributed by atoms with E-state index in [0.717, 1.165) is 5.56 Å². The van der Waals surface area contributed by atoms with Crippen molar-refractivity contribution in [2.75, 3.05) is 19.5 Å². The largest absolute Gasteiger partial charge is 0.493 e. The predicted octanol–water partition coefficient (Wildman–Crippen LogP) is 5.24. The van der Waals surface area contributed by atoms with Gasteiger partial charge in [0.1, 0.15) is 11.3 Å². The monoisotopic (exact) mass is 526 g/mol. The predicted molar refractivity (Wildman–Crippen MR) is 146 cm³/mol. The summed E-state index contributed by atoms with van der Waals surface area (Å²) in [6.07, 6.45) is 1.66. The molecule has 0 aliphatic carbocycles. The highest BCUT2D eigenvalue weighted by Gasteiger charge is 2.19. The number of hydrogen-bond donors (Lipinski definition) is 2. The summed E-state index contributed by atoms with van der Waals surface area (Å²) in [5.74, 6) is 0.335. The first-order chi connectivity index (χ1) is 18.8. The van der Waals surface area contributed by atoms with Crippen LogP contribution in [0.1, 0.15) is 34.5 Å². The Morgan fingerprint density at radius 3 is 2.56 bits per heavy atom. The number of aryl methyl sites for hydroxylation is 1. The zero-order chi connectivity index (χ0) is 27.7. The van der Waals surface area contributed by atoms with Crippen LogP contribution in [-0.2, 0) is 0 Å². The number of nitrogens with one attached hydrogen (secondary N) is 1. The summed E-state index contributed by atoms with van der Waals surface area (Å²) in [6, 6.07) is 16.7. The van der Waals surface area contributed by atoms with Gasteiger partial charge in [0.15, 0.2) is 22.7 Å². The van der Waals surface area contributed by atoms with Gasteiger partial charge >= 0.3 is 5.97 Å². The summed E-state index contributed by atoms with van der Waals surface area (Å²) in [5.41, 5.74) is 3.40. The van der Waals surface area contributed by atoms with E-state index < -0.39 is 5.97 Å². The Hall–Kier alpha value is -5.12. The molecule has 10 nitrogen and oxygen atoms in total. The van der Waals surface area contributed by atoms with Gasteiger partial charge in [-0.2, -0.15) is 0 Å². The van der Waals surface area contributed by atoms with E-state index in [1.165, 1.54) is 12.1 Å². The quantitative estimate of drug-likeness (QED) is 0.279. The van der Waals surface area contributed by atoms with Crippen molar-refractivity contribution in [1.82, 2.24) is 15.0 Å². The molecule has 0 aliphatic heterocycles. The van der Waals surface area contributed by atoms with Gasteiger partial charge < -0.3 is 24.3 Å². The molecular formula is C29H26N4O6. The summed E-state index contributed by atoms with van der Waals surface area (Å²) in [6.45, 7) is 3.77. The summed E-state index contributed by atoms with van der Waals surface area (Å²) < 4.78 is 18.5. The van der Waals surface area contributed by atoms with Crippen molar-refractivity contribution in [2.45, 2.75) is 19.9 Å². The van der Waals surface area contributed by atoms with Crippen LogP contribution >= 0.6 is 0 Å². The van der Waals surface area contributed by atoms with E-state index in [0.29, 0.717) is 45.1 Å². The van der Waals surface area contributed by atoms with Crippen molar-refractivity contribution in [2.24, 2.45) is 0 Å². The molecule has 198 valence electrons. The number of fused-ring (bicyclic) bond motifs is 1. The number of nitrogens with zero attached hydrogens (tertiary/aromatic N) is 3. The molecular weight excluding hydrogens is 500 g/mol. The molecule has 39 heavy (non-hydrogen) atoms. The van der Waals surface area contributed by atoms with E-state index in [-0.39, 0.29) is 22.8 Å². The van der Waals surface area contributed by atoms with Crippen LogP contribution in [0.4, 0.5) is 5.69 Å². The normalized spacial score (nSPS) is 11.8. The number of methoxy groups -OCH3 is 2. The maximum absolute atomic E-state index is 13.2. The molecule has 2 heterocycles. The fourth-order valence-corrected chi connectivity index (χ4v) is 4.46. The first kappa shape index (κ1) is 25.5. The molecule has 0 radical (unpaired) electrons. The fourth-order valence-electron chi connectivity index (χ4n) is 4.46. The van der Waals surface area contributed by atoms with Crippen molar-refractivity contribution in [3.63, 3.8) is 0 Å². The zero-order valence-corrected chi connectivity index (χ0v) is 21.8. The van der Waals surface area contributed by atoms with Crippen LogP contribution in [0.2, 0.25) is 0 Å². The number of ether oxygens (including phenoxy) is 2. The number of aromatic nitrogens is 3. The molecule has 2 N–H and O–H groups in total. The van der Waals surface area contributed by atoms with Crippen LogP contribution < -0.4 is 20.2 Å². The minimum atomic E-state index is -1.04. The van der Waals surface area contributed by atoms with Crippen LogP contribution in [-0.4, -0.2) is 40.3 Å². The number of carbonyl (C=O) groups is 1. The SMILES string of the molecule is COc1ccc(-n2cc(-c3cc(=O)c4cc(C)cc(C(C)Nc5ccccc5C(=O)O)c4o3)nn2)cc1OC. The standard InChI is InChI=1S/C29H26N4O6/c1-16-11-20(17(2)30-22-8-6-5-7-19(22)29(35)36)28-21(12-16)24(34)14-26(39-28)23-15-33(32-31-23)18-9-10-25(37-3)27(13-18)38-4/h5-15,17,30H,1-4H3,(H,35,36). The lowest BCUT2D eigenvalue weighted by Gasteiger charge is -2.19. The van der Waals surface area contributed by atoms with Gasteiger partial charge in [0.25, 0.3) is 0 Å². The molecule has 0 amide bonds. The topological polar surface area (TPSA) is 129 Å². The van der Waals surface area contributed by atoms with Gasteiger partial charge in [-0.05, 0) is 49.7 Å². The zero-order valence-electron chi connectivity index (χ0n) is 21.8. The number of para-hydroxylation sites is 1. The van der Waals surface area contributed by atoms with Crippen LogP contribution in [0.25, 0.3) is 28.1 Å². The van der Waals surface area contributed by atoms with Crippen LogP contribution in [0.15, 0.2) is 76.1 Å². The van der Waals surface area contributed by atoms with E-state index in [2.05, 4.69) is 15.6 Å². The van der Waals surface area contributed by atoms with Gasteiger partial charge in [-0.25, -0.2) is 9.48 Å². The second kappa shape index (κ2) is 10.3. The average Bonchev–Trinajstić information content (AvgIpc) is 3.43. The van der Waals surface area contributed by atoms with Gasteiger partial charge in [0, 0.05) is 23.4 Å². The summed E-state index contributed by atoms with van der Waals surface area (Å²) in [4.78, 5) is 24.9. The second-order valence-corrected chi connectivity index (χ2v) is 9.01. The first-order valence-electron chi connectivity index (χ1n) is 12.1. The minimum Gasteiger partial charge on any atom is -0.493 e. The molecule has 5 rings (SSSR count). The Bertz CT molecular complexity index is 1760. The summed E-state index contributed by atoms with van der Waals surface area (Å²) in [5, 5.41) is 21.7. The Kier molecular flexibility index (Phi) is 6.76. The number of rotatable bonds is 8. The third-order valence-corrected chi connectivity index (χ3v) is 6.38. The molecule has 0 bridgehead atoms. The maximum Gasteiger partial charge on any atom is 0.337 e. The van der Waals surface area contributed by atoms with Crippen molar-refractivity contribution >= 4 is 22.6 Å². The molecule has 10 heteroatoms.